The predicted molar refractivity (Wildman–Crippen MR) is 129 cm³/mol. The van der Waals surface area contributed by atoms with Crippen LogP contribution in [0.1, 0.15) is 27.0 Å². The molecule has 0 unspecified atom stereocenters. The molecule has 1 aliphatic rings. The number of nitrogens with zero attached hydrogens (tertiary/aromatic N) is 4. The number of guanidine groups is 1. The third-order valence-electron chi connectivity index (χ3n) is 5.98. The Morgan fingerprint density at radius 2 is 1.77 bits per heavy atom. The number of anilines is 1. The summed E-state index contributed by atoms with van der Waals surface area (Å²) in [6, 6.07) is 14.4. The second-order valence-corrected chi connectivity index (χ2v) is 8.32. The number of amides is 1. The van der Waals surface area contributed by atoms with Gasteiger partial charge in [0.2, 0.25) is 0 Å². The van der Waals surface area contributed by atoms with E-state index in [1.165, 1.54) is 16.8 Å². The van der Waals surface area contributed by atoms with Gasteiger partial charge in [-0.3, -0.25) is 9.79 Å². The summed E-state index contributed by atoms with van der Waals surface area (Å²) in [5.41, 5.74) is 5.93. The van der Waals surface area contributed by atoms with Crippen molar-refractivity contribution >= 4 is 17.6 Å². The second kappa shape index (κ2) is 10.3. The van der Waals surface area contributed by atoms with Crippen LogP contribution in [-0.2, 0) is 6.42 Å². The van der Waals surface area contributed by atoms with E-state index in [1.807, 2.05) is 25.2 Å². The Hall–Kier alpha value is -3.02. The standard InChI is InChI=1S/C25H35N5O/c1-19-8-6-11-23(20(19)2)29-14-16-30(17-15-29)25(26-3)27-13-12-21-9-7-10-22(18-21)24(31)28(4)5/h6-11,18H,12-17H2,1-5H3,(H,26,27). The summed E-state index contributed by atoms with van der Waals surface area (Å²) in [5.74, 6) is 0.980. The van der Waals surface area contributed by atoms with E-state index in [2.05, 4.69) is 58.2 Å². The van der Waals surface area contributed by atoms with Crippen LogP contribution in [0.15, 0.2) is 47.5 Å². The maximum atomic E-state index is 12.2. The Balaban J connectivity index is 1.52. The number of piperazine rings is 1. The van der Waals surface area contributed by atoms with Crippen molar-refractivity contribution in [2.45, 2.75) is 20.3 Å². The molecule has 1 heterocycles. The lowest BCUT2D eigenvalue weighted by atomic mass is 10.1. The fourth-order valence-corrected chi connectivity index (χ4v) is 4.01. The molecule has 1 saturated heterocycles. The lowest BCUT2D eigenvalue weighted by Gasteiger charge is -2.38. The minimum atomic E-state index is 0.0346. The largest absolute Gasteiger partial charge is 0.368 e. The highest BCUT2D eigenvalue weighted by atomic mass is 16.2. The smallest absolute Gasteiger partial charge is 0.253 e. The van der Waals surface area contributed by atoms with E-state index < -0.39 is 0 Å². The average molecular weight is 422 g/mol. The van der Waals surface area contributed by atoms with Gasteiger partial charge in [-0.05, 0) is 55.2 Å². The quantitative estimate of drug-likeness (QED) is 0.596. The summed E-state index contributed by atoms with van der Waals surface area (Å²) < 4.78 is 0. The number of carbonyl (C=O) groups is 1. The predicted octanol–water partition coefficient (Wildman–Crippen LogP) is 2.95. The van der Waals surface area contributed by atoms with Gasteiger partial charge in [0.15, 0.2) is 5.96 Å². The number of carbonyl (C=O) groups excluding carboxylic acids is 1. The van der Waals surface area contributed by atoms with Crippen molar-refractivity contribution in [1.82, 2.24) is 15.1 Å². The van der Waals surface area contributed by atoms with Gasteiger partial charge in [-0.1, -0.05) is 24.3 Å². The van der Waals surface area contributed by atoms with Crippen molar-refractivity contribution in [1.29, 1.82) is 0 Å². The molecule has 0 bridgehead atoms. The van der Waals surface area contributed by atoms with Gasteiger partial charge in [0.1, 0.15) is 0 Å². The molecule has 1 amide bonds. The second-order valence-electron chi connectivity index (χ2n) is 8.32. The van der Waals surface area contributed by atoms with Crippen molar-refractivity contribution in [3.05, 3.63) is 64.7 Å². The summed E-state index contributed by atoms with van der Waals surface area (Å²) >= 11 is 0. The van der Waals surface area contributed by atoms with Crippen LogP contribution in [-0.4, -0.2) is 75.5 Å². The van der Waals surface area contributed by atoms with Crippen LogP contribution >= 0.6 is 0 Å². The van der Waals surface area contributed by atoms with Gasteiger partial charge >= 0.3 is 0 Å². The Morgan fingerprint density at radius 3 is 2.45 bits per heavy atom. The molecule has 0 atom stereocenters. The van der Waals surface area contributed by atoms with Crippen LogP contribution in [0.4, 0.5) is 5.69 Å². The lowest BCUT2D eigenvalue weighted by Crippen LogP contribution is -2.53. The van der Waals surface area contributed by atoms with E-state index in [-0.39, 0.29) is 5.91 Å². The van der Waals surface area contributed by atoms with Gasteiger partial charge in [0, 0.05) is 65.1 Å². The molecular formula is C25H35N5O. The van der Waals surface area contributed by atoms with E-state index in [9.17, 15) is 4.79 Å². The van der Waals surface area contributed by atoms with Crippen molar-refractivity contribution in [3.63, 3.8) is 0 Å². The van der Waals surface area contributed by atoms with E-state index in [0.29, 0.717) is 0 Å². The first kappa shape index (κ1) is 22.7. The Labute approximate surface area is 186 Å². The molecule has 0 aliphatic carbocycles. The zero-order valence-electron chi connectivity index (χ0n) is 19.5. The van der Waals surface area contributed by atoms with Gasteiger partial charge in [0.25, 0.3) is 5.91 Å². The molecule has 1 N–H and O–H groups in total. The van der Waals surface area contributed by atoms with Crippen molar-refractivity contribution < 1.29 is 4.79 Å². The number of aryl methyl sites for hydroxylation is 1. The van der Waals surface area contributed by atoms with E-state index in [1.54, 1.807) is 19.0 Å². The highest BCUT2D eigenvalue weighted by molar-refractivity contribution is 5.94. The number of aliphatic imine (C=N–C) groups is 1. The molecule has 2 aromatic carbocycles. The Bertz CT molecular complexity index is 929. The summed E-state index contributed by atoms with van der Waals surface area (Å²) in [4.78, 5) is 23.1. The van der Waals surface area contributed by atoms with E-state index in [4.69, 9.17) is 0 Å². The minimum Gasteiger partial charge on any atom is -0.368 e. The molecule has 0 spiro atoms. The number of nitrogens with one attached hydrogen (secondary N) is 1. The zero-order valence-corrected chi connectivity index (χ0v) is 19.5. The normalized spacial score (nSPS) is 14.5. The maximum Gasteiger partial charge on any atom is 0.253 e. The van der Waals surface area contributed by atoms with Crippen LogP contribution in [0.2, 0.25) is 0 Å². The van der Waals surface area contributed by atoms with Gasteiger partial charge in [-0.2, -0.15) is 0 Å². The fourth-order valence-electron chi connectivity index (χ4n) is 4.01. The molecule has 6 heteroatoms. The third kappa shape index (κ3) is 5.57. The van der Waals surface area contributed by atoms with Crippen molar-refractivity contribution in [2.75, 3.05) is 58.8 Å². The summed E-state index contributed by atoms with van der Waals surface area (Å²) in [6.45, 7) is 9.02. The van der Waals surface area contributed by atoms with Gasteiger partial charge in [-0.25, -0.2) is 0 Å². The molecule has 6 nitrogen and oxygen atoms in total. The first-order chi connectivity index (χ1) is 14.9. The molecular weight excluding hydrogens is 386 g/mol. The van der Waals surface area contributed by atoms with Gasteiger partial charge < -0.3 is 20.0 Å². The van der Waals surface area contributed by atoms with Gasteiger partial charge in [0.05, 0.1) is 0 Å². The molecule has 0 aromatic heterocycles. The van der Waals surface area contributed by atoms with Crippen LogP contribution in [0.3, 0.4) is 0 Å². The molecule has 0 radical (unpaired) electrons. The monoisotopic (exact) mass is 421 g/mol. The molecule has 2 aromatic rings. The SMILES string of the molecule is CN=C(NCCc1cccc(C(=O)N(C)C)c1)N1CCN(c2cccc(C)c2C)CC1. The summed E-state index contributed by atoms with van der Waals surface area (Å²) in [5, 5.41) is 3.50. The lowest BCUT2D eigenvalue weighted by molar-refractivity contribution is 0.0827. The Kier molecular flexibility index (Phi) is 7.55. The van der Waals surface area contributed by atoms with Crippen molar-refractivity contribution in [2.24, 2.45) is 4.99 Å². The molecule has 1 fully saturated rings. The third-order valence-corrected chi connectivity index (χ3v) is 5.98. The molecule has 31 heavy (non-hydrogen) atoms. The first-order valence-electron chi connectivity index (χ1n) is 11.0. The van der Waals surface area contributed by atoms with E-state index in [0.717, 1.165) is 56.2 Å². The molecule has 0 saturated carbocycles. The number of rotatable bonds is 5. The van der Waals surface area contributed by atoms with Crippen molar-refractivity contribution in [3.8, 4) is 0 Å². The number of hydrogen-bond donors (Lipinski definition) is 1. The Morgan fingerprint density at radius 1 is 1.06 bits per heavy atom. The van der Waals surface area contributed by atoms with E-state index >= 15 is 0 Å². The molecule has 3 rings (SSSR count). The highest BCUT2D eigenvalue weighted by Crippen LogP contribution is 2.23. The van der Waals surface area contributed by atoms with Crippen LogP contribution in [0.25, 0.3) is 0 Å². The highest BCUT2D eigenvalue weighted by Gasteiger charge is 2.21. The fraction of sp³-hybridized carbons (Fsp3) is 0.440. The first-order valence-corrected chi connectivity index (χ1v) is 11.0. The minimum absolute atomic E-state index is 0.0346. The van der Waals surface area contributed by atoms with Crippen LogP contribution < -0.4 is 10.2 Å². The summed E-state index contributed by atoms with van der Waals surface area (Å²) in [7, 11) is 5.40. The average Bonchev–Trinajstić information content (AvgIpc) is 2.78. The number of hydrogen-bond acceptors (Lipinski definition) is 3. The zero-order chi connectivity index (χ0) is 22.4. The van der Waals surface area contributed by atoms with Crippen LogP contribution in [0.5, 0.6) is 0 Å². The maximum absolute atomic E-state index is 12.2. The molecule has 1 aliphatic heterocycles. The topological polar surface area (TPSA) is 51.2 Å². The van der Waals surface area contributed by atoms with Crippen LogP contribution in [0, 0.1) is 13.8 Å². The van der Waals surface area contributed by atoms with Gasteiger partial charge in [-0.15, -0.1) is 0 Å². The summed E-state index contributed by atoms with van der Waals surface area (Å²) in [6.07, 6.45) is 0.843. The molecule has 166 valence electrons. The number of benzene rings is 2.